The van der Waals surface area contributed by atoms with Gasteiger partial charge in [-0.1, -0.05) is 20.8 Å². The number of carbonyl (C=O) groups is 1. The van der Waals surface area contributed by atoms with Crippen molar-refractivity contribution < 1.29 is 24.5 Å². The van der Waals surface area contributed by atoms with Crippen molar-refractivity contribution in [1.29, 1.82) is 0 Å². The zero-order valence-electron chi connectivity index (χ0n) is 16.0. The van der Waals surface area contributed by atoms with Crippen molar-refractivity contribution in [2.45, 2.75) is 64.1 Å². The summed E-state index contributed by atoms with van der Waals surface area (Å²) in [6.07, 6.45) is 2.02. The lowest BCUT2D eigenvalue weighted by atomic mass is 9.49. The predicted octanol–water partition coefficient (Wildman–Crippen LogP) is 2.90. The van der Waals surface area contributed by atoms with Crippen LogP contribution in [0.5, 0.6) is 5.75 Å². The molecule has 0 saturated heterocycles. The Kier molecular flexibility index (Phi) is 3.90. The number of methoxy groups -OCH3 is 1. The number of fused-ring (bicyclic) bond motifs is 5. The van der Waals surface area contributed by atoms with Crippen LogP contribution in [0.2, 0.25) is 0 Å². The quantitative estimate of drug-likeness (QED) is 0.753. The van der Waals surface area contributed by atoms with Crippen LogP contribution in [-0.2, 0) is 16.6 Å². The van der Waals surface area contributed by atoms with Gasteiger partial charge in [0, 0.05) is 16.5 Å². The molecule has 26 heavy (non-hydrogen) atoms. The molecule has 1 unspecified atom stereocenters. The number of aliphatic hydroxyl groups excluding tert-OH is 2. The van der Waals surface area contributed by atoms with Gasteiger partial charge in [0.25, 0.3) is 0 Å². The van der Waals surface area contributed by atoms with E-state index in [-0.39, 0.29) is 18.0 Å². The van der Waals surface area contributed by atoms with Crippen LogP contribution >= 0.6 is 0 Å². The Bertz CT molecular complexity index is 768. The van der Waals surface area contributed by atoms with Gasteiger partial charge in [0.2, 0.25) is 0 Å². The minimum atomic E-state index is -0.833. The number of carbonyl (C=O) groups excluding carboxylic acids is 1. The van der Waals surface area contributed by atoms with Crippen molar-refractivity contribution >= 4 is 5.97 Å². The number of rotatable bonds is 1. The van der Waals surface area contributed by atoms with Crippen molar-refractivity contribution in [2.75, 3.05) is 13.7 Å². The van der Waals surface area contributed by atoms with E-state index < -0.39 is 17.6 Å². The van der Waals surface area contributed by atoms with Gasteiger partial charge in [0.15, 0.2) is 0 Å². The topological polar surface area (TPSA) is 76.0 Å². The summed E-state index contributed by atoms with van der Waals surface area (Å²) in [5, 5.41) is 21.4. The maximum absolute atomic E-state index is 12.5. The Hall–Kier alpha value is -1.59. The van der Waals surface area contributed by atoms with E-state index in [1.165, 1.54) is 0 Å². The van der Waals surface area contributed by atoms with Crippen molar-refractivity contribution in [3.8, 4) is 5.75 Å². The molecule has 1 fully saturated rings. The summed E-state index contributed by atoms with van der Waals surface area (Å²) in [6.45, 7) is 6.63. The summed E-state index contributed by atoms with van der Waals surface area (Å²) in [5.41, 5.74) is 2.50. The highest BCUT2D eigenvalue weighted by Gasteiger charge is 2.56. The predicted molar refractivity (Wildman–Crippen MR) is 96.4 cm³/mol. The van der Waals surface area contributed by atoms with E-state index in [1.54, 1.807) is 13.2 Å². The summed E-state index contributed by atoms with van der Waals surface area (Å²) < 4.78 is 10.9. The molecule has 0 spiro atoms. The molecule has 4 rings (SSSR count). The third-order valence-corrected chi connectivity index (χ3v) is 7.22. The maximum atomic E-state index is 12.5. The molecule has 0 radical (unpaired) electrons. The summed E-state index contributed by atoms with van der Waals surface area (Å²) in [4.78, 5) is 12.5. The van der Waals surface area contributed by atoms with Crippen LogP contribution in [0.15, 0.2) is 6.07 Å². The van der Waals surface area contributed by atoms with Crippen LogP contribution in [0.1, 0.15) is 73.2 Å². The Balaban J connectivity index is 2.02. The third kappa shape index (κ3) is 2.20. The molecule has 1 heterocycles. The Morgan fingerprint density at radius 2 is 1.96 bits per heavy atom. The van der Waals surface area contributed by atoms with E-state index in [4.69, 9.17) is 9.47 Å². The number of benzene rings is 1. The highest BCUT2D eigenvalue weighted by Crippen LogP contribution is 2.59. The van der Waals surface area contributed by atoms with Gasteiger partial charge in [-0.05, 0) is 48.6 Å². The zero-order chi connectivity index (χ0) is 18.9. The third-order valence-electron chi connectivity index (χ3n) is 7.22. The SMILES string of the molecule is COc1cc2c(c3c1[C@@]1(C)C(O)CCC(C)(C)[C@@H]1CC3)C(=O)OC[C@H]2O. The Morgan fingerprint density at radius 1 is 1.23 bits per heavy atom. The smallest absolute Gasteiger partial charge is 0.338 e. The van der Waals surface area contributed by atoms with Crippen molar-refractivity contribution in [3.05, 3.63) is 28.3 Å². The van der Waals surface area contributed by atoms with Gasteiger partial charge in [-0.3, -0.25) is 0 Å². The standard InChI is InChI=1S/C21H28O5/c1-20(2)8-7-16(23)21(3)15(20)6-5-11-17-12(9-14(25-4)18(11)21)13(22)10-26-19(17)24/h9,13,15-16,22-23H,5-8,10H2,1-4H3/t13-,15+,16?,21-/m1/s1. The first-order chi connectivity index (χ1) is 12.2. The largest absolute Gasteiger partial charge is 0.496 e. The van der Waals surface area contributed by atoms with Crippen LogP contribution in [0.25, 0.3) is 0 Å². The van der Waals surface area contributed by atoms with E-state index in [1.807, 2.05) is 0 Å². The lowest BCUT2D eigenvalue weighted by Crippen LogP contribution is -2.56. The minimum Gasteiger partial charge on any atom is -0.496 e. The molecule has 1 saturated carbocycles. The fourth-order valence-corrected chi connectivity index (χ4v) is 5.90. The van der Waals surface area contributed by atoms with E-state index >= 15 is 0 Å². The summed E-state index contributed by atoms with van der Waals surface area (Å²) in [6, 6.07) is 1.78. The highest BCUT2D eigenvalue weighted by molar-refractivity contribution is 5.95. The lowest BCUT2D eigenvalue weighted by molar-refractivity contribution is -0.0603. The monoisotopic (exact) mass is 360 g/mol. The fourth-order valence-electron chi connectivity index (χ4n) is 5.90. The first kappa shape index (κ1) is 17.8. The Morgan fingerprint density at radius 3 is 2.65 bits per heavy atom. The molecular formula is C21H28O5. The van der Waals surface area contributed by atoms with Crippen LogP contribution in [0.3, 0.4) is 0 Å². The van der Waals surface area contributed by atoms with E-state index in [0.717, 1.165) is 36.8 Å². The van der Waals surface area contributed by atoms with Crippen molar-refractivity contribution in [2.24, 2.45) is 11.3 Å². The second-order valence-corrected chi connectivity index (χ2v) is 8.93. The molecule has 1 aromatic carbocycles. The van der Waals surface area contributed by atoms with Crippen LogP contribution in [-0.4, -0.2) is 36.0 Å². The second kappa shape index (κ2) is 5.70. The molecule has 1 aromatic rings. The molecule has 2 aliphatic carbocycles. The van der Waals surface area contributed by atoms with E-state index in [9.17, 15) is 15.0 Å². The molecule has 142 valence electrons. The molecule has 1 aliphatic heterocycles. The lowest BCUT2D eigenvalue weighted by Gasteiger charge is -2.57. The number of esters is 1. The Labute approximate surface area is 154 Å². The van der Waals surface area contributed by atoms with Gasteiger partial charge in [-0.15, -0.1) is 0 Å². The fraction of sp³-hybridized carbons (Fsp3) is 0.667. The number of hydrogen-bond donors (Lipinski definition) is 2. The molecule has 5 heteroatoms. The first-order valence-corrected chi connectivity index (χ1v) is 9.49. The van der Waals surface area contributed by atoms with Crippen molar-refractivity contribution in [3.63, 3.8) is 0 Å². The summed E-state index contributed by atoms with van der Waals surface area (Å²) in [7, 11) is 1.61. The van der Waals surface area contributed by atoms with Gasteiger partial charge in [-0.25, -0.2) is 4.79 Å². The molecule has 4 atom stereocenters. The molecular weight excluding hydrogens is 332 g/mol. The van der Waals surface area contributed by atoms with E-state index in [2.05, 4.69) is 20.8 Å². The summed E-state index contributed by atoms with van der Waals surface area (Å²) >= 11 is 0. The second-order valence-electron chi connectivity index (χ2n) is 8.93. The minimum absolute atomic E-state index is 0.0245. The van der Waals surface area contributed by atoms with Gasteiger partial charge in [0.05, 0.1) is 18.8 Å². The van der Waals surface area contributed by atoms with Gasteiger partial charge in [-0.2, -0.15) is 0 Å². The summed E-state index contributed by atoms with van der Waals surface area (Å²) in [5.74, 6) is 0.579. The van der Waals surface area contributed by atoms with Crippen LogP contribution in [0.4, 0.5) is 0 Å². The molecule has 2 N–H and O–H groups in total. The highest BCUT2D eigenvalue weighted by atomic mass is 16.5. The number of aliphatic hydroxyl groups is 2. The van der Waals surface area contributed by atoms with Gasteiger partial charge >= 0.3 is 5.97 Å². The number of cyclic esters (lactones) is 1. The maximum Gasteiger partial charge on any atom is 0.338 e. The van der Waals surface area contributed by atoms with Gasteiger partial charge in [0.1, 0.15) is 18.5 Å². The molecule has 0 bridgehead atoms. The van der Waals surface area contributed by atoms with Crippen molar-refractivity contribution in [1.82, 2.24) is 0 Å². The first-order valence-electron chi connectivity index (χ1n) is 9.49. The number of hydrogen-bond acceptors (Lipinski definition) is 5. The average Bonchev–Trinajstić information content (AvgIpc) is 2.60. The van der Waals surface area contributed by atoms with Crippen LogP contribution < -0.4 is 4.74 Å². The molecule has 5 nitrogen and oxygen atoms in total. The van der Waals surface area contributed by atoms with Gasteiger partial charge < -0.3 is 19.7 Å². The normalized spacial score (nSPS) is 35.0. The molecule has 0 amide bonds. The molecule has 3 aliphatic rings. The van der Waals surface area contributed by atoms with E-state index in [0.29, 0.717) is 22.8 Å². The molecule has 0 aromatic heterocycles. The van der Waals surface area contributed by atoms with Crippen LogP contribution in [0, 0.1) is 11.3 Å². The average molecular weight is 360 g/mol. The zero-order valence-corrected chi connectivity index (χ0v) is 16.0. The number of ether oxygens (including phenoxy) is 2.